The third-order valence-corrected chi connectivity index (χ3v) is 4.61. The summed E-state index contributed by atoms with van der Waals surface area (Å²) in [5.74, 6) is 0.803. The zero-order valence-electron chi connectivity index (χ0n) is 15.0. The van der Waals surface area contributed by atoms with Gasteiger partial charge in [0.2, 0.25) is 0 Å². The highest BCUT2D eigenvalue weighted by atomic mass is 19.4. The molecule has 1 aliphatic heterocycles. The van der Waals surface area contributed by atoms with Gasteiger partial charge in [-0.15, -0.1) is 0 Å². The van der Waals surface area contributed by atoms with Crippen molar-refractivity contribution in [3.63, 3.8) is 0 Å². The van der Waals surface area contributed by atoms with E-state index in [0.29, 0.717) is 31.0 Å². The van der Waals surface area contributed by atoms with Crippen LogP contribution in [0.25, 0.3) is 11.0 Å². The van der Waals surface area contributed by atoms with Crippen LogP contribution in [0.15, 0.2) is 33.5 Å². The lowest BCUT2D eigenvalue weighted by Gasteiger charge is -2.34. The van der Waals surface area contributed by atoms with E-state index >= 15 is 0 Å². The zero-order valence-corrected chi connectivity index (χ0v) is 15.0. The van der Waals surface area contributed by atoms with E-state index in [-0.39, 0.29) is 29.2 Å². The van der Waals surface area contributed by atoms with Crippen molar-refractivity contribution in [2.75, 3.05) is 19.7 Å². The molecule has 2 atom stereocenters. The predicted octanol–water partition coefficient (Wildman–Crippen LogP) is 3.70. The summed E-state index contributed by atoms with van der Waals surface area (Å²) in [7, 11) is 0. The summed E-state index contributed by atoms with van der Waals surface area (Å²) in [6, 6.07) is 4.12. The summed E-state index contributed by atoms with van der Waals surface area (Å²) in [4.78, 5) is 25.5. The number of nitrogens with zero attached hydrogens (tertiary/aromatic N) is 1. The van der Waals surface area contributed by atoms with Gasteiger partial charge in [-0.05, 0) is 30.4 Å². The molecule has 2 aromatic rings. The Morgan fingerprint density at radius 3 is 2.52 bits per heavy atom. The van der Waals surface area contributed by atoms with Crippen LogP contribution in [0.1, 0.15) is 25.8 Å². The second-order valence-electron chi connectivity index (χ2n) is 7.17. The number of amides is 1. The van der Waals surface area contributed by atoms with Crippen molar-refractivity contribution >= 4 is 16.9 Å². The lowest BCUT2D eigenvalue weighted by atomic mass is 9.92. The molecule has 0 bridgehead atoms. The van der Waals surface area contributed by atoms with Crippen molar-refractivity contribution in [3.8, 4) is 5.75 Å². The van der Waals surface area contributed by atoms with E-state index in [1.807, 2.05) is 0 Å². The fourth-order valence-corrected chi connectivity index (χ4v) is 3.57. The average molecular weight is 383 g/mol. The molecule has 1 fully saturated rings. The van der Waals surface area contributed by atoms with Gasteiger partial charge in [0.15, 0.2) is 6.61 Å². The number of likely N-dealkylation sites (tertiary alicyclic amines) is 1. The molecule has 3 rings (SSSR count). The van der Waals surface area contributed by atoms with Gasteiger partial charge in [0, 0.05) is 30.6 Å². The topological polar surface area (TPSA) is 59.8 Å². The van der Waals surface area contributed by atoms with Gasteiger partial charge in [0.25, 0.3) is 5.91 Å². The van der Waals surface area contributed by atoms with E-state index in [4.69, 9.17) is 9.15 Å². The number of alkyl halides is 3. The van der Waals surface area contributed by atoms with Crippen molar-refractivity contribution < 1.29 is 27.1 Å². The van der Waals surface area contributed by atoms with Gasteiger partial charge in [0.1, 0.15) is 11.3 Å². The number of fused-ring (bicyclic) bond motifs is 1. The van der Waals surface area contributed by atoms with E-state index in [1.54, 1.807) is 4.90 Å². The molecule has 1 amide bonds. The molecule has 1 aliphatic rings. The SMILES string of the molecule is C[C@@H]1C[C@H](C)CN(C(=O)COc2ccc3c(C(F)(F)F)cc(=O)oc3c2)C1. The molecule has 1 aromatic heterocycles. The third kappa shape index (κ3) is 4.43. The molecular weight excluding hydrogens is 363 g/mol. The van der Waals surface area contributed by atoms with Crippen LogP contribution in [-0.2, 0) is 11.0 Å². The summed E-state index contributed by atoms with van der Waals surface area (Å²) in [5, 5.41) is -0.237. The summed E-state index contributed by atoms with van der Waals surface area (Å²) < 4.78 is 49.5. The fourth-order valence-electron chi connectivity index (χ4n) is 3.57. The van der Waals surface area contributed by atoms with Crippen molar-refractivity contribution in [3.05, 3.63) is 40.2 Å². The molecule has 5 nitrogen and oxygen atoms in total. The number of ether oxygens (including phenoxy) is 1. The van der Waals surface area contributed by atoms with Crippen LogP contribution in [0.4, 0.5) is 13.2 Å². The standard InChI is InChI=1S/C19H20F3NO4/c1-11-5-12(2)9-23(8-11)17(24)10-26-13-3-4-14-15(19(20,21)22)7-18(25)27-16(14)6-13/h3-4,6-7,11-12H,5,8-10H2,1-2H3/t11-,12+. The first-order valence-corrected chi connectivity index (χ1v) is 8.69. The highest BCUT2D eigenvalue weighted by Gasteiger charge is 2.34. The van der Waals surface area contributed by atoms with Crippen LogP contribution in [0.3, 0.4) is 0 Å². The smallest absolute Gasteiger partial charge is 0.417 e. The molecule has 0 saturated carbocycles. The Balaban J connectivity index is 1.76. The third-order valence-electron chi connectivity index (χ3n) is 4.61. The van der Waals surface area contributed by atoms with Crippen molar-refractivity contribution in [1.82, 2.24) is 4.90 Å². The van der Waals surface area contributed by atoms with Gasteiger partial charge >= 0.3 is 11.8 Å². The largest absolute Gasteiger partial charge is 0.484 e. The molecule has 1 saturated heterocycles. The van der Waals surface area contributed by atoms with Gasteiger partial charge in [-0.2, -0.15) is 13.2 Å². The molecular formula is C19H20F3NO4. The highest BCUT2D eigenvalue weighted by molar-refractivity contribution is 5.82. The summed E-state index contributed by atoms with van der Waals surface area (Å²) in [6.07, 6.45) is -3.61. The number of carbonyl (C=O) groups excluding carboxylic acids is 1. The minimum atomic E-state index is -4.67. The predicted molar refractivity (Wildman–Crippen MR) is 92.5 cm³/mol. The molecule has 0 spiro atoms. The van der Waals surface area contributed by atoms with Gasteiger partial charge in [0.05, 0.1) is 5.56 Å². The van der Waals surface area contributed by atoms with Crippen LogP contribution in [0.2, 0.25) is 0 Å². The Labute approximate surface area is 153 Å². The Morgan fingerprint density at radius 2 is 1.89 bits per heavy atom. The molecule has 27 heavy (non-hydrogen) atoms. The van der Waals surface area contributed by atoms with Crippen LogP contribution in [0.5, 0.6) is 5.75 Å². The van der Waals surface area contributed by atoms with Crippen LogP contribution in [-0.4, -0.2) is 30.5 Å². The van der Waals surface area contributed by atoms with E-state index in [0.717, 1.165) is 6.42 Å². The maximum Gasteiger partial charge on any atom is 0.417 e. The first-order valence-electron chi connectivity index (χ1n) is 8.69. The number of rotatable bonds is 3. The molecule has 8 heteroatoms. The number of piperidine rings is 1. The summed E-state index contributed by atoms with van der Waals surface area (Å²) in [5.41, 5.74) is -2.40. The Hall–Kier alpha value is -2.51. The Bertz CT molecular complexity index is 896. The Kier molecular flexibility index (Phi) is 5.17. The maximum atomic E-state index is 13.1. The fraction of sp³-hybridized carbons (Fsp3) is 0.474. The minimum Gasteiger partial charge on any atom is -0.484 e. The van der Waals surface area contributed by atoms with Gasteiger partial charge < -0.3 is 14.1 Å². The van der Waals surface area contributed by atoms with Crippen molar-refractivity contribution in [2.24, 2.45) is 11.8 Å². The number of halogens is 3. The van der Waals surface area contributed by atoms with Gasteiger partial charge in [-0.25, -0.2) is 4.79 Å². The first-order chi connectivity index (χ1) is 12.6. The number of hydrogen-bond acceptors (Lipinski definition) is 4. The zero-order chi connectivity index (χ0) is 19.8. The molecule has 0 radical (unpaired) electrons. The lowest BCUT2D eigenvalue weighted by Crippen LogP contribution is -2.44. The van der Waals surface area contributed by atoms with Gasteiger partial charge in [-0.1, -0.05) is 13.8 Å². The molecule has 0 N–H and O–H groups in total. The van der Waals surface area contributed by atoms with Crippen LogP contribution < -0.4 is 10.4 Å². The quantitative estimate of drug-likeness (QED) is 0.759. The summed E-state index contributed by atoms with van der Waals surface area (Å²) >= 11 is 0. The van der Waals surface area contributed by atoms with Crippen LogP contribution >= 0.6 is 0 Å². The Morgan fingerprint density at radius 1 is 1.22 bits per heavy atom. The molecule has 146 valence electrons. The number of hydrogen-bond donors (Lipinski definition) is 0. The lowest BCUT2D eigenvalue weighted by molar-refractivity contribution is -0.137. The van der Waals surface area contributed by atoms with E-state index in [9.17, 15) is 22.8 Å². The van der Waals surface area contributed by atoms with E-state index in [2.05, 4.69) is 13.8 Å². The maximum absolute atomic E-state index is 13.1. The van der Waals surface area contributed by atoms with Crippen LogP contribution in [0, 0.1) is 11.8 Å². The van der Waals surface area contributed by atoms with Crippen molar-refractivity contribution in [2.45, 2.75) is 26.4 Å². The van der Waals surface area contributed by atoms with E-state index < -0.39 is 17.4 Å². The second kappa shape index (κ2) is 7.25. The second-order valence-corrected chi connectivity index (χ2v) is 7.17. The average Bonchev–Trinajstić information content (AvgIpc) is 2.56. The van der Waals surface area contributed by atoms with Gasteiger partial charge in [-0.3, -0.25) is 4.79 Å². The first kappa shape index (κ1) is 19.3. The minimum absolute atomic E-state index is 0.163. The molecule has 0 unspecified atom stereocenters. The molecule has 2 heterocycles. The normalized spacial score (nSPS) is 20.7. The highest BCUT2D eigenvalue weighted by Crippen LogP contribution is 2.34. The van der Waals surface area contributed by atoms with E-state index in [1.165, 1.54) is 18.2 Å². The summed E-state index contributed by atoms with van der Waals surface area (Å²) in [6.45, 7) is 5.26. The molecule has 1 aromatic carbocycles. The monoisotopic (exact) mass is 383 g/mol. The molecule has 0 aliphatic carbocycles. The number of benzene rings is 1. The number of carbonyl (C=O) groups is 1. The van der Waals surface area contributed by atoms with Crippen molar-refractivity contribution in [1.29, 1.82) is 0 Å².